The molecule has 0 spiro atoms. The SMILES string of the molecule is Cc1[c-]cccc1.Cc1c[c-]c(NC2CCN(P)CC2)cc1.[Y]. The van der Waals surface area contributed by atoms with Crippen molar-refractivity contribution < 1.29 is 32.7 Å². The average molecular weight is 401 g/mol. The Morgan fingerprint density at radius 1 is 1.09 bits per heavy atom. The van der Waals surface area contributed by atoms with Gasteiger partial charge in [-0.2, -0.15) is 59.7 Å². The molecular formula is C19H25N2PY-2. The first kappa shape index (κ1) is 20.8. The van der Waals surface area contributed by atoms with E-state index in [1.165, 1.54) is 24.0 Å². The van der Waals surface area contributed by atoms with Crippen molar-refractivity contribution in [2.24, 2.45) is 0 Å². The first-order chi connectivity index (χ1) is 10.6. The zero-order valence-electron chi connectivity index (χ0n) is 14.0. The molecule has 1 radical (unpaired) electrons. The van der Waals surface area contributed by atoms with E-state index in [9.17, 15) is 0 Å². The van der Waals surface area contributed by atoms with Crippen molar-refractivity contribution in [3.63, 3.8) is 0 Å². The van der Waals surface area contributed by atoms with Crippen LogP contribution in [0.5, 0.6) is 0 Å². The van der Waals surface area contributed by atoms with Crippen molar-refractivity contribution in [1.29, 1.82) is 0 Å². The van der Waals surface area contributed by atoms with Crippen LogP contribution in [0.1, 0.15) is 24.0 Å². The Hall–Kier alpha value is -0.266. The second-order valence-electron chi connectivity index (χ2n) is 5.78. The molecule has 0 bridgehead atoms. The maximum atomic E-state index is 3.54. The fourth-order valence-corrected chi connectivity index (χ4v) is 2.64. The van der Waals surface area contributed by atoms with E-state index < -0.39 is 0 Å². The molecule has 1 saturated heterocycles. The molecule has 23 heavy (non-hydrogen) atoms. The molecule has 0 aromatic heterocycles. The molecule has 4 heteroatoms. The third-order valence-electron chi connectivity index (χ3n) is 3.72. The summed E-state index contributed by atoms with van der Waals surface area (Å²) in [7, 11) is 2.78. The fourth-order valence-electron chi connectivity index (χ4n) is 2.34. The van der Waals surface area contributed by atoms with Gasteiger partial charge in [0, 0.05) is 51.8 Å². The summed E-state index contributed by atoms with van der Waals surface area (Å²) in [5.41, 5.74) is 3.59. The fraction of sp³-hybridized carbons (Fsp3) is 0.368. The maximum Gasteiger partial charge on any atom is 0.0264 e. The summed E-state index contributed by atoms with van der Waals surface area (Å²) in [5.74, 6) is 0. The van der Waals surface area contributed by atoms with Gasteiger partial charge < -0.3 is 5.32 Å². The Balaban J connectivity index is 0.000000280. The Labute approximate surface area is 168 Å². The molecule has 3 rings (SSSR count). The van der Waals surface area contributed by atoms with Gasteiger partial charge in [0.15, 0.2) is 0 Å². The molecule has 2 aromatic carbocycles. The predicted molar refractivity (Wildman–Crippen MR) is 98.0 cm³/mol. The first-order valence-electron chi connectivity index (χ1n) is 7.81. The van der Waals surface area contributed by atoms with Crippen LogP contribution in [0, 0.1) is 26.0 Å². The van der Waals surface area contributed by atoms with E-state index in [0.717, 1.165) is 18.8 Å². The van der Waals surface area contributed by atoms with Crippen molar-refractivity contribution in [2.75, 3.05) is 18.4 Å². The predicted octanol–water partition coefficient (Wildman–Crippen LogP) is 4.25. The van der Waals surface area contributed by atoms with Gasteiger partial charge in [-0.05, 0) is 12.8 Å². The van der Waals surface area contributed by atoms with E-state index in [1.54, 1.807) is 0 Å². The maximum absolute atomic E-state index is 3.54. The normalized spacial score (nSPS) is 15.1. The third kappa shape index (κ3) is 8.40. The standard InChI is InChI=1S/C12H18N2P.C7H7.Y/c1-10-2-4-11(5-3-10)13-12-6-8-14(15)9-7-12;1-7-5-3-2-4-6-7;/h2-4,12-13H,6-9,15H2,1H3;2-5H,1H3;/q2*-1;. The summed E-state index contributed by atoms with van der Waals surface area (Å²) < 4.78 is 2.30. The number of hydrogen-bond acceptors (Lipinski definition) is 2. The van der Waals surface area contributed by atoms with Gasteiger partial charge in [0.1, 0.15) is 0 Å². The topological polar surface area (TPSA) is 15.3 Å². The Morgan fingerprint density at radius 3 is 2.30 bits per heavy atom. The number of anilines is 1. The van der Waals surface area contributed by atoms with Gasteiger partial charge in [-0.15, -0.1) is 6.07 Å². The molecule has 0 amide bonds. The van der Waals surface area contributed by atoms with E-state index in [2.05, 4.69) is 50.6 Å². The number of aryl methyl sites for hydroxylation is 2. The summed E-state index contributed by atoms with van der Waals surface area (Å²) in [4.78, 5) is 0. The quantitative estimate of drug-likeness (QED) is 0.598. The molecular weight excluding hydrogens is 376 g/mol. The molecule has 121 valence electrons. The Morgan fingerprint density at radius 2 is 1.83 bits per heavy atom. The van der Waals surface area contributed by atoms with Gasteiger partial charge in [-0.25, -0.2) is 0 Å². The van der Waals surface area contributed by atoms with Crippen LogP contribution in [0.2, 0.25) is 0 Å². The summed E-state index contributed by atoms with van der Waals surface area (Å²) in [5, 5.41) is 3.54. The average Bonchev–Trinajstić information content (AvgIpc) is 2.53. The van der Waals surface area contributed by atoms with Crippen LogP contribution in [-0.4, -0.2) is 23.8 Å². The van der Waals surface area contributed by atoms with Crippen LogP contribution in [0.25, 0.3) is 0 Å². The van der Waals surface area contributed by atoms with Gasteiger partial charge in [-0.1, -0.05) is 28.9 Å². The largest absolute Gasteiger partial charge is 0.404 e. The molecule has 2 nitrogen and oxygen atoms in total. The van der Waals surface area contributed by atoms with Crippen LogP contribution in [0.3, 0.4) is 0 Å². The molecule has 1 fully saturated rings. The van der Waals surface area contributed by atoms with Gasteiger partial charge >= 0.3 is 0 Å². The second kappa shape index (κ2) is 11.3. The molecule has 1 aliphatic heterocycles. The molecule has 1 N–H and O–H groups in total. The van der Waals surface area contributed by atoms with Crippen LogP contribution in [0.4, 0.5) is 5.69 Å². The Bertz CT molecular complexity index is 537. The van der Waals surface area contributed by atoms with E-state index in [4.69, 9.17) is 0 Å². The van der Waals surface area contributed by atoms with Crippen molar-refractivity contribution >= 4 is 15.1 Å². The molecule has 1 heterocycles. The van der Waals surface area contributed by atoms with Gasteiger partial charge in [0.2, 0.25) is 0 Å². The summed E-state index contributed by atoms with van der Waals surface area (Å²) >= 11 is 0. The van der Waals surface area contributed by atoms with Crippen molar-refractivity contribution in [3.05, 3.63) is 65.7 Å². The van der Waals surface area contributed by atoms with Gasteiger partial charge in [0.05, 0.1) is 0 Å². The number of hydrogen-bond donors (Lipinski definition) is 1. The monoisotopic (exact) mass is 401 g/mol. The van der Waals surface area contributed by atoms with E-state index in [0.29, 0.717) is 6.04 Å². The number of rotatable bonds is 2. The minimum absolute atomic E-state index is 0. The second-order valence-corrected chi connectivity index (χ2v) is 6.51. The molecule has 1 aliphatic rings. The van der Waals surface area contributed by atoms with Crippen LogP contribution >= 0.6 is 9.39 Å². The summed E-state index contributed by atoms with van der Waals surface area (Å²) in [6, 6.07) is 21.1. The number of piperidine rings is 1. The van der Waals surface area contributed by atoms with Crippen molar-refractivity contribution in [3.8, 4) is 0 Å². The zero-order valence-corrected chi connectivity index (χ0v) is 18.0. The first-order valence-corrected chi connectivity index (χ1v) is 8.33. The number of nitrogens with one attached hydrogen (secondary N) is 1. The summed E-state index contributed by atoms with van der Waals surface area (Å²) in [6.07, 6.45) is 2.43. The van der Waals surface area contributed by atoms with Gasteiger partial charge in [0.25, 0.3) is 0 Å². The molecule has 0 aliphatic carbocycles. The van der Waals surface area contributed by atoms with Crippen LogP contribution in [-0.2, 0) is 32.7 Å². The van der Waals surface area contributed by atoms with E-state index in [1.807, 2.05) is 37.3 Å². The Kier molecular flexibility index (Phi) is 10.2. The van der Waals surface area contributed by atoms with Crippen LogP contribution < -0.4 is 5.32 Å². The molecule has 1 unspecified atom stereocenters. The van der Waals surface area contributed by atoms with Crippen LogP contribution in [0.15, 0.2) is 42.5 Å². The van der Waals surface area contributed by atoms with E-state index >= 15 is 0 Å². The minimum atomic E-state index is 0. The minimum Gasteiger partial charge on any atom is -0.404 e. The van der Waals surface area contributed by atoms with Crippen molar-refractivity contribution in [2.45, 2.75) is 32.7 Å². The summed E-state index contributed by atoms with van der Waals surface area (Å²) in [6.45, 7) is 6.44. The molecule has 2 aromatic rings. The smallest absolute Gasteiger partial charge is 0.0264 e. The van der Waals surface area contributed by atoms with E-state index in [-0.39, 0.29) is 32.7 Å². The third-order valence-corrected chi connectivity index (χ3v) is 4.24. The number of nitrogens with zero attached hydrogens (tertiary/aromatic N) is 1. The van der Waals surface area contributed by atoms with Crippen molar-refractivity contribution in [1.82, 2.24) is 4.67 Å². The molecule has 1 atom stereocenters. The zero-order chi connectivity index (χ0) is 15.8. The van der Waals surface area contributed by atoms with Gasteiger partial charge in [-0.3, -0.25) is 4.67 Å². The molecule has 0 saturated carbocycles. The number of benzene rings is 2.